The molecule has 0 amide bonds. The lowest BCUT2D eigenvalue weighted by molar-refractivity contribution is 0.589. The lowest BCUT2D eigenvalue weighted by Gasteiger charge is -2.07. The lowest BCUT2D eigenvalue weighted by atomic mass is 10.1. The van der Waals surface area contributed by atoms with E-state index in [1.165, 1.54) is 3.97 Å². The third kappa shape index (κ3) is 3.05. The Balaban J connectivity index is 1.65. The van der Waals surface area contributed by atoms with E-state index in [-0.39, 0.29) is 4.90 Å². The first kappa shape index (κ1) is 18.2. The molecule has 7 heteroatoms. The summed E-state index contributed by atoms with van der Waals surface area (Å²) in [6, 6.07) is 25.3. The van der Waals surface area contributed by atoms with Crippen LogP contribution in [0.1, 0.15) is 0 Å². The zero-order chi connectivity index (χ0) is 20.6. The molecule has 0 saturated carbocycles. The van der Waals surface area contributed by atoms with Crippen molar-refractivity contribution in [3.63, 3.8) is 0 Å². The maximum Gasteiger partial charge on any atom is 0.268 e. The third-order valence-corrected chi connectivity index (χ3v) is 6.54. The molecular weight excluding hydrogens is 396 g/mol. The topological polar surface area (TPSA) is 77.7 Å². The molecule has 0 saturated heterocycles. The first-order chi connectivity index (χ1) is 14.6. The normalized spacial score (nSPS) is 11.6. The quantitative estimate of drug-likeness (QED) is 0.437. The van der Waals surface area contributed by atoms with Crippen LogP contribution in [0.3, 0.4) is 0 Å². The molecule has 2 heterocycles. The van der Waals surface area contributed by atoms with Crippen molar-refractivity contribution in [3.8, 4) is 22.6 Å². The molecule has 2 aromatic heterocycles. The fraction of sp³-hybridized carbons (Fsp3) is 0. The second-order valence-corrected chi connectivity index (χ2v) is 8.52. The molecule has 146 valence electrons. The molecule has 6 nitrogen and oxygen atoms in total. The molecule has 0 radical (unpaired) electrons. The van der Waals surface area contributed by atoms with Gasteiger partial charge in [-0.3, -0.25) is 0 Å². The lowest BCUT2D eigenvalue weighted by Crippen LogP contribution is -2.11. The van der Waals surface area contributed by atoms with Crippen LogP contribution in [-0.4, -0.2) is 27.6 Å². The van der Waals surface area contributed by atoms with Gasteiger partial charge < -0.3 is 0 Å². The first-order valence-corrected chi connectivity index (χ1v) is 10.7. The van der Waals surface area contributed by atoms with E-state index in [4.69, 9.17) is 0 Å². The third-order valence-electron chi connectivity index (χ3n) is 4.85. The van der Waals surface area contributed by atoms with Crippen molar-refractivity contribution >= 4 is 20.9 Å². The number of hydrogen-bond donors (Lipinski definition) is 0. The molecule has 5 aromatic rings. The van der Waals surface area contributed by atoms with Crippen molar-refractivity contribution in [2.75, 3.05) is 0 Å². The van der Waals surface area contributed by atoms with Crippen LogP contribution in [0.4, 0.5) is 0 Å². The van der Waals surface area contributed by atoms with Crippen LogP contribution in [0.2, 0.25) is 0 Å². The Morgan fingerprint density at radius 2 is 1.40 bits per heavy atom. The minimum atomic E-state index is -3.76. The molecule has 0 aliphatic carbocycles. The predicted molar refractivity (Wildman–Crippen MR) is 115 cm³/mol. The largest absolute Gasteiger partial charge is 0.268 e. The fourth-order valence-electron chi connectivity index (χ4n) is 3.38. The summed E-state index contributed by atoms with van der Waals surface area (Å²) < 4.78 is 27.8. The van der Waals surface area contributed by atoms with Crippen LogP contribution in [0, 0.1) is 0 Å². The van der Waals surface area contributed by atoms with Gasteiger partial charge in [-0.05, 0) is 18.2 Å². The summed E-state index contributed by atoms with van der Waals surface area (Å²) in [4.78, 5) is 4.65. The van der Waals surface area contributed by atoms with E-state index in [2.05, 4.69) is 15.2 Å². The Bertz CT molecular complexity index is 1430. The minimum Gasteiger partial charge on any atom is -0.240 e. The molecule has 30 heavy (non-hydrogen) atoms. The number of rotatable bonds is 4. The summed E-state index contributed by atoms with van der Waals surface area (Å²) in [5.41, 5.74) is 2.61. The fourth-order valence-corrected chi connectivity index (χ4v) is 4.77. The first-order valence-electron chi connectivity index (χ1n) is 9.31. The molecule has 0 atom stereocenters. The van der Waals surface area contributed by atoms with Gasteiger partial charge in [-0.25, -0.2) is 17.4 Å². The zero-order valence-electron chi connectivity index (χ0n) is 15.8. The Morgan fingerprint density at radius 3 is 2.10 bits per heavy atom. The monoisotopic (exact) mass is 412 g/mol. The Kier molecular flexibility index (Phi) is 4.37. The smallest absolute Gasteiger partial charge is 0.240 e. The van der Waals surface area contributed by atoms with Gasteiger partial charge >= 0.3 is 0 Å². The van der Waals surface area contributed by atoms with Crippen molar-refractivity contribution in [2.24, 2.45) is 0 Å². The highest BCUT2D eigenvalue weighted by atomic mass is 32.2. The molecular formula is C23H16N4O2S. The number of aromatic nitrogens is 4. The Hall–Kier alpha value is -3.84. The van der Waals surface area contributed by atoms with E-state index in [0.29, 0.717) is 22.6 Å². The van der Waals surface area contributed by atoms with Gasteiger partial charge in [0.2, 0.25) is 0 Å². The van der Waals surface area contributed by atoms with E-state index < -0.39 is 10.0 Å². The van der Waals surface area contributed by atoms with E-state index in [0.717, 1.165) is 10.9 Å². The highest BCUT2D eigenvalue weighted by Crippen LogP contribution is 2.31. The highest BCUT2D eigenvalue weighted by molar-refractivity contribution is 7.90. The molecule has 0 fully saturated rings. The summed E-state index contributed by atoms with van der Waals surface area (Å²) in [6.45, 7) is 0. The second-order valence-electron chi connectivity index (χ2n) is 6.71. The van der Waals surface area contributed by atoms with Crippen LogP contribution in [0.5, 0.6) is 0 Å². The average Bonchev–Trinajstić information content (AvgIpc) is 3.21. The number of para-hydroxylation sites is 1. The SMILES string of the molecule is O=S(=O)(c1ccccc1)n1cc(-c2cnc(-c3ccccc3)nn2)c2ccccc21. The maximum atomic E-state index is 13.2. The van der Waals surface area contributed by atoms with E-state index >= 15 is 0 Å². The van der Waals surface area contributed by atoms with Gasteiger partial charge in [0, 0.05) is 22.7 Å². The number of hydrogen-bond acceptors (Lipinski definition) is 5. The Morgan fingerprint density at radius 1 is 0.733 bits per heavy atom. The number of benzene rings is 3. The van der Waals surface area contributed by atoms with Crippen molar-refractivity contribution in [1.29, 1.82) is 0 Å². The van der Waals surface area contributed by atoms with Gasteiger partial charge in [-0.2, -0.15) is 0 Å². The number of fused-ring (bicyclic) bond motifs is 1. The molecule has 0 aliphatic rings. The van der Waals surface area contributed by atoms with E-state index in [1.807, 2.05) is 48.5 Å². The molecule has 3 aromatic carbocycles. The van der Waals surface area contributed by atoms with Gasteiger partial charge in [-0.15, -0.1) is 10.2 Å². The van der Waals surface area contributed by atoms with Crippen molar-refractivity contribution < 1.29 is 8.42 Å². The zero-order valence-corrected chi connectivity index (χ0v) is 16.6. The molecule has 0 N–H and O–H groups in total. The van der Waals surface area contributed by atoms with Crippen LogP contribution >= 0.6 is 0 Å². The Labute approximate surface area is 173 Å². The second kappa shape index (κ2) is 7.20. The highest BCUT2D eigenvalue weighted by Gasteiger charge is 2.22. The molecule has 5 rings (SSSR count). The van der Waals surface area contributed by atoms with Crippen LogP contribution in [0.25, 0.3) is 33.5 Å². The van der Waals surface area contributed by atoms with Crippen molar-refractivity contribution in [1.82, 2.24) is 19.2 Å². The average molecular weight is 412 g/mol. The van der Waals surface area contributed by atoms with Gasteiger partial charge in [0.1, 0.15) is 5.69 Å². The van der Waals surface area contributed by atoms with E-state index in [1.54, 1.807) is 48.8 Å². The van der Waals surface area contributed by atoms with Gasteiger partial charge in [0.25, 0.3) is 10.0 Å². The van der Waals surface area contributed by atoms with Gasteiger partial charge in [0.15, 0.2) is 5.82 Å². The molecule has 0 bridgehead atoms. The predicted octanol–water partition coefficient (Wildman–Crippen LogP) is 4.40. The van der Waals surface area contributed by atoms with Crippen LogP contribution in [0.15, 0.2) is 102 Å². The van der Waals surface area contributed by atoms with Crippen LogP contribution < -0.4 is 0 Å². The summed E-state index contributed by atoms with van der Waals surface area (Å²) in [5.74, 6) is 0.514. The summed E-state index contributed by atoms with van der Waals surface area (Å²) >= 11 is 0. The molecule has 0 unspecified atom stereocenters. The number of nitrogens with zero attached hydrogens (tertiary/aromatic N) is 4. The standard InChI is InChI=1S/C23H16N4O2S/c28-30(29,18-11-5-2-6-12-18)27-16-20(19-13-7-8-14-22(19)27)21-15-24-23(26-25-21)17-9-3-1-4-10-17/h1-16H. The van der Waals surface area contributed by atoms with Crippen LogP contribution in [-0.2, 0) is 10.0 Å². The molecule has 0 spiro atoms. The minimum absolute atomic E-state index is 0.223. The summed E-state index contributed by atoms with van der Waals surface area (Å²) in [5, 5.41) is 9.33. The summed E-state index contributed by atoms with van der Waals surface area (Å²) in [7, 11) is -3.76. The van der Waals surface area contributed by atoms with Crippen molar-refractivity contribution in [3.05, 3.63) is 97.3 Å². The maximum absolute atomic E-state index is 13.2. The van der Waals surface area contributed by atoms with Gasteiger partial charge in [-0.1, -0.05) is 66.7 Å². The molecule has 0 aliphatic heterocycles. The summed E-state index contributed by atoms with van der Waals surface area (Å²) in [6.07, 6.45) is 3.21. The van der Waals surface area contributed by atoms with Crippen molar-refractivity contribution in [2.45, 2.75) is 4.90 Å². The van der Waals surface area contributed by atoms with Gasteiger partial charge in [0.05, 0.1) is 16.6 Å². The van der Waals surface area contributed by atoms with E-state index in [9.17, 15) is 8.42 Å².